The first-order valence-corrected chi connectivity index (χ1v) is 8.12. The number of thioether (sulfide) groups is 1. The van der Waals surface area contributed by atoms with E-state index in [1.165, 1.54) is 24.3 Å². The first-order chi connectivity index (χ1) is 12.3. The van der Waals surface area contributed by atoms with Crippen LogP contribution in [0.25, 0.3) is 6.08 Å². The molecule has 1 aliphatic heterocycles. The minimum Gasteiger partial charge on any atom is -0.368 e. The minimum atomic E-state index is -0.501. The standard InChI is InChI=1S/C13H10N8O3S2/c14-10-16-11(15)18-12(17-10)19-20-9(22)8(26-13(20)25)5-6-1-3-7(4-2-6)21(23)24/h1-5H,(H5,14,15,16,17,18,19). The summed E-state index contributed by atoms with van der Waals surface area (Å²) < 4.78 is 0.223. The van der Waals surface area contributed by atoms with Crippen molar-refractivity contribution in [3.05, 3.63) is 44.8 Å². The molecule has 11 nitrogen and oxygen atoms in total. The number of nitrogens with zero attached hydrogens (tertiary/aromatic N) is 5. The van der Waals surface area contributed by atoms with Gasteiger partial charge >= 0.3 is 0 Å². The van der Waals surface area contributed by atoms with Crippen LogP contribution >= 0.6 is 24.0 Å². The van der Waals surface area contributed by atoms with E-state index < -0.39 is 10.8 Å². The van der Waals surface area contributed by atoms with Gasteiger partial charge in [-0.1, -0.05) is 11.8 Å². The zero-order valence-electron chi connectivity index (χ0n) is 12.8. The third-order valence-electron chi connectivity index (χ3n) is 3.08. The number of aromatic nitrogens is 3. The van der Waals surface area contributed by atoms with E-state index in [0.717, 1.165) is 16.8 Å². The van der Waals surface area contributed by atoms with Gasteiger partial charge in [0.2, 0.25) is 17.8 Å². The van der Waals surface area contributed by atoms with Crippen LogP contribution in [0.1, 0.15) is 5.56 Å². The predicted molar refractivity (Wildman–Crippen MR) is 100 cm³/mol. The van der Waals surface area contributed by atoms with Crippen LogP contribution in [0.3, 0.4) is 0 Å². The number of nitrogen functional groups attached to an aromatic ring is 2. The molecule has 1 aromatic heterocycles. The number of carbonyl (C=O) groups excluding carboxylic acids is 1. The molecule has 0 saturated carbocycles. The van der Waals surface area contributed by atoms with Crippen molar-refractivity contribution >= 4 is 63.8 Å². The van der Waals surface area contributed by atoms with Gasteiger partial charge in [0.05, 0.1) is 9.83 Å². The Bertz CT molecular complexity index is 927. The van der Waals surface area contributed by atoms with E-state index in [-0.39, 0.29) is 27.9 Å². The smallest absolute Gasteiger partial charge is 0.285 e. The Balaban J connectivity index is 1.80. The van der Waals surface area contributed by atoms with Crippen molar-refractivity contribution in [2.75, 3.05) is 16.9 Å². The van der Waals surface area contributed by atoms with Crippen molar-refractivity contribution in [1.82, 2.24) is 20.0 Å². The van der Waals surface area contributed by atoms with Crippen LogP contribution in [-0.2, 0) is 4.79 Å². The van der Waals surface area contributed by atoms with Crippen molar-refractivity contribution in [2.45, 2.75) is 0 Å². The quantitative estimate of drug-likeness (QED) is 0.297. The molecule has 1 saturated heterocycles. The molecular formula is C13H10N8O3S2. The molecule has 0 bridgehead atoms. The third kappa shape index (κ3) is 3.68. The number of rotatable bonds is 4. The van der Waals surface area contributed by atoms with Crippen molar-refractivity contribution in [2.24, 2.45) is 0 Å². The predicted octanol–water partition coefficient (Wildman–Crippen LogP) is 1.17. The lowest BCUT2D eigenvalue weighted by Gasteiger charge is -2.15. The lowest BCUT2D eigenvalue weighted by molar-refractivity contribution is -0.384. The van der Waals surface area contributed by atoms with E-state index >= 15 is 0 Å². The molecule has 2 heterocycles. The summed E-state index contributed by atoms with van der Waals surface area (Å²) in [6.45, 7) is 0. The maximum atomic E-state index is 12.5. The Morgan fingerprint density at radius 3 is 2.38 bits per heavy atom. The molecule has 13 heteroatoms. The number of nitrogens with one attached hydrogen (secondary N) is 1. The molecule has 0 radical (unpaired) electrons. The Kier molecular flexibility index (Phi) is 4.64. The molecule has 1 aromatic carbocycles. The van der Waals surface area contributed by atoms with Crippen LogP contribution in [-0.4, -0.2) is 35.1 Å². The number of carbonyl (C=O) groups is 1. The molecule has 0 atom stereocenters. The number of nitrogens with two attached hydrogens (primary N) is 2. The summed E-state index contributed by atoms with van der Waals surface area (Å²) in [5.41, 5.74) is 14.2. The molecule has 1 amide bonds. The van der Waals surface area contributed by atoms with Crippen LogP contribution in [0.2, 0.25) is 0 Å². The topological polar surface area (TPSA) is 166 Å². The number of anilines is 3. The van der Waals surface area contributed by atoms with Crippen molar-refractivity contribution < 1.29 is 9.72 Å². The number of hydrazine groups is 1. The van der Waals surface area contributed by atoms with Gasteiger partial charge in [0.25, 0.3) is 11.6 Å². The molecule has 2 aromatic rings. The van der Waals surface area contributed by atoms with Gasteiger partial charge in [-0.05, 0) is 36.0 Å². The zero-order valence-corrected chi connectivity index (χ0v) is 14.5. The summed E-state index contributed by atoms with van der Waals surface area (Å²) in [5.74, 6) is -0.669. The van der Waals surface area contributed by atoms with Crippen LogP contribution < -0.4 is 16.9 Å². The summed E-state index contributed by atoms with van der Waals surface area (Å²) in [6.07, 6.45) is 1.57. The second kappa shape index (κ2) is 6.89. The number of amides is 1. The van der Waals surface area contributed by atoms with Gasteiger partial charge in [-0.15, -0.1) is 0 Å². The Hall–Kier alpha value is -3.32. The summed E-state index contributed by atoms with van der Waals surface area (Å²) in [4.78, 5) is 34.3. The Morgan fingerprint density at radius 1 is 1.19 bits per heavy atom. The van der Waals surface area contributed by atoms with Crippen molar-refractivity contribution in [3.63, 3.8) is 0 Å². The van der Waals surface area contributed by atoms with Crippen LogP contribution in [0, 0.1) is 10.1 Å². The second-order valence-corrected chi connectivity index (χ2v) is 6.53. The number of non-ortho nitro benzene ring substituents is 1. The molecule has 26 heavy (non-hydrogen) atoms. The highest BCUT2D eigenvalue weighted by atomic mass is 32.2. The molecule has 0 unspecified atom stereocenters. The molecule has 5 N–H and O–H groups in total. The molecule has 0 aliphatic carbocycles. The molecule has 3 rings (SSSR count). The number of hydrogen-bond acceptors (Lipinski definition) is 11. The summed E-state index contributed by atoms with van der Waals surface area (Å²) >= 11 is 6.23. The molecule has 132 valence electrons. The molecule has 0 spiro atoms. The monoisotopic (exact) mass is 390 g/mol. The van der Waals surface area contributed by atoms with E-state index in [0.29, 0.717) is 10.5 Å². The van der Waals surface area contributed by atoms with Gasteiger partial charge in [-0.3, -0.25) is 20.3 Å². The van der Waals surface area contributed by atoms with Crippen molar-refractivity contribution in [3.8, 4) is 0 Å². The first kappa shape index (κ1) is 17.5. The lowest BCUT2D eigenvalue weighted by atomic mass is 10.2. The van der Waals surface area contributed by atoms with Gasteiger partial charge in [0.1, 0.15) is 0 Å². The Labute approximate surface area is 155 Å². The fourth-order valence-electron chi connectivity index (χ4n) is 1.97. The molecule has 1 aliphatic rings. The van der Waals surface area contributed by atoms with Gasteiger partial charge in [-0.2, -0.15) is 20.0 Å². The fourth-order valence-corrected chi connectivity index (χ4v) is 3.15. The number of nitro benzene ring substituents is 1. The molecular weight excluding hydrogens is 380 g/mol. The highest BCUT2D eigenvalue weighted by molar-refractivity contribution is 8.26. The number of hydrogen-bond donors (Lipinski definition) is 3. The van der Waals surface area contributed by atoms with E-state index in [4.69, 9.17) is 23.7 Å². The van der Waals surface area contributed by atoms with Gasteiger partial charge in [0, 0.05) is 12.1 Å². The molecule has 1 fully saturated rings. The maximum Gasteiger partial charge on any atom is 0.285 e. The maximum absolute atomic E-state index is 12.5. The van der Waals surface area contributed by atoms with Crippen molar-refractivity contribution in [1.29, 1.82) is 0 Å². The average Bonchev–Trinajstić information content (AvgIpc) is 2.82. The number of thiocarbonyl (C=S) groups is 1. The number of nitro groups is 1. The minimum absolute atomic E-state index is 0.0251. The van der Waals surface area contributed by atoms with Gasteiger partial charge < -0.3 is 11.5 Å². The van der Waals surface area contributed by atoms with E-state index in [2.05, 4.69) is 20.4 Å². The van der Waals surface area contributed by atoms with Gasteiger partial charge in [0.15, 0.2) is 4.32 Å². The lowest BCUT2D eigenvalue weighted by Crippen LogP contribution is -2.34. The van der Waals surface area contributed by atoms with E-state index in [1.807, 2.05) is 0 Å². The van der Waals surface area contributed by atoms with Crippen LogP contribution in [0.15, 0.2) is 29.2 Å². The van der Waals surface area contributed by atoms with E-state index in [1.54, 1.807) is 6.08 Å². The van der Waals surface area contributed by atoms with Crippen LogP contribution in [0.4, 0.5) is 23.5 Å². The Morgan fingerprint density at radius 2 is 1.81 bits per heavy atom. The second-order valence-electron chi connectivity index (χ2n) is 4.85. The average molecular weight is 390 g/mol. The van der Waals surface area contributed by atoms with Crippen LogP contribution in [0.5, 0.6) is 0 Å². The summed E-state index contributed by atoms with van der Waals surface area (Å²) in [6, 6.07) is 5.76. The highest BCUT2D eigenvalue weighted by Gasteiger charge is 2.33. The highest BCUT2D eigenvalue weighted by Crippen LogP contribution is 2.32. The fraction of sp³-hybridized carbons (Fsp3) is 0. The normalized spacial score (nSPS) is 15.5. The zero-order chi connectivity index (χ0) is 18.8. The SMILES string of the molecule is Nc1nc(N)nc(NN2C(=O)C(=Cc3ccc([N+](=O)[O-])cc3)SC2=S)n1. The van der Waals surface area contributed by atoms with Gasteiger partial charge in [-0.25, -0.2) is 0 Å². The third-order valence-corrected chi connectivity index (χ3v) is 4.38. The summed E-state index contributed by atoms with van der Waals surface area (Å²) in [5, 5.41) is 11.8. The summed E-state index contributed by atoms with van der Waals surface area (Å²) in [7, 11) is 0. The van der Waals surface area contributed by atoms with E-state index in [9.17, 15) is 14.9 Å². The number of benzene rings is 1. The first-order valence-electron chi connectivity index (χ1n) is 6.89. The largest absolute Gasteiger partial charge is 0.368 e.